The maximum absolute atomic E-state index is 13.7. The molecule has 3 aromatic rings. The third-order valence-electron chi connectivity index (χ3n) is 15.2. The van der Waals surface area contributed by atoms with Crippen LogP contribution in [0.25, 0.3) is 5.57 Å². The molecule has 6 fully saturated rings. The molecule has 312 valence electrons. The largest absolute Gasteiger partial charge is 0.371 e. The number of anilines is 3. The number of allylic oxidation sites excluding steroid dienone is 1. The zero-order chi connectivity index (χ0) is 40.7. The van der Waals surface area contributed by atoms with E-state index < -0.39 is 0 Å². The van der Waals surface area contributed by atoms with Crippen molar-refractivity contribution in [2.45, 2.75) is 89.5 Å². The van der Waals surface area contributed by atoms with Gasteiger partial charge in [-0.15, -0.1) is 0 Å². The second-order valence-corrected chi connectivity index (χ2v) is 19.1. The van der Waals surface area contributed by atoms with Gasteiger partial charge in [0.2, 0.25) is 11.8 Å². The molecule has 3 aromatic carbocycles. The van der Waals surface area contributed by atoms with Gasteiger partial charge in [-0.1, -0.05) is 49.7 Å². The number of rotatable bonds is 9. The van der Waals surface area contributed by atoms with Gasteiger partial charge in [0.1, 0.15) is 0 Å². The Hall–Kier alpha value is -4.34. The van der Waals surface area contributed by atoms with Crippen LogP contribution in [0.1, 0.15) is 105 Å². The van der Waals surface area contributed by atoms with Gasteiger partial charge in [-0.3, -0.25) is 24.6 Å². The minimum Gasteiger partial charge on any atom is -0.371 e. The molecule has 1 saturated carbocycles. The van der Waals surface area contributed by atoms with Crippen molar-refractivity contribution in [1.29, 1.82) is 0 Å². The highest BCUT2D eigenvalue weighted by atomic mass is 35.5. The van der Waals surface area contributed by atoms with E-state index in [0.717, 1.165) is 118 Å². The fourth-order valence-electron chi connectivity index (χ4n) is 11.3. The van der Waals surface area contributed by atoms with E-state index >= 15 is 0 Å². The van der Waals surface area contributed by atoms with Crippen LogP contribution < -0.4 is 20.0 Å². The molecule has 0 bridgehead atoms. The lowest BCUT2D eigenvalue weighted by molar-refractivity contribution is -0.134. The molecule has 59 heavy (non-hydrogen) atoms. The summed E-state index contributed by atoms with van der Waals surface area (Å²) in [5.74, 6) is -0.413. The van der Waals surface area contributed by atoms with Gasteiger partial charge >= 0.3 is 0 Å². The summed E-state index contributed by atoms with van der Waals surface area (Å²) < 4.78 is 0. The lowest BCUT2D eigenvalue weighted by atomic mass is 9.60. The maximum Gasteiger partial charge on any atom is 0.253 e. The van der Waals surface area contributed by atoms with Crippen LogP contribution in [0, 0.1) is 10.8 Å². The van der Waals surface area contributed by atoms with Crippen molar-refractivity contribution >= 4 is 52.0 Å². The van der Waals surface area contributed by atoms with Crippen molar-refractivity contribution in [3.8, 4) is 0 Å². The molecule has 10 heteroatoms. The number of nitrogens with zero attached hydrogens (tertiary/aromatic N) is 5. The zero-order valence-corrected chi connectivity index (χ0v) is 35.7. The van der Waals surface area contributed by atoms with Gasteiger partial charge in [0.25, 0.3) is 5.91 Å². The van der Waals surface area contributed by atoms with Crippen LogP contribution in [-0.4, -0.2) is 99.0 Å². The fraction of sp³-hybridized carbons (Fsp3) is 0.531. The number of halogens is 1. The van der Waals surface area contributed by atoms with E-state index in [1.807, 2.05) is 0 Å². The van der Waals surface area contributed by atoms with Gasteiger partial charge in [-0.25, -0.2) is 0 Å². The Morgan fingerprint density at radius 1 is 0.746 bits per heavy atom. The number of piperidine rings is 3. The Balaban J connectivity index is 0.698. The topological polar surface area (TPSA) is 79.4 Å². The number of carbonyl (C=O) groups excluding carboxylic acids is 3. The number of nitrogens with one attached hydrogen (secondary N) is 1. The summed E-state index contributed by atoms with van der Waals surface area (Å²) in [4.78, 5) is 49.8. The van der Waals surface area contributed by atoms with E-state index in [1.54, 1.807) is 0 Å². The summed E-state index contributed by atoms with van der Waals surface area (Å²) in [7, 11) is 0. The third-order valence-corrected chi connectivity index (χ3v) is 15.5. The maximum atomic E-state index is 13.7. The number of amides is 3. The molecule has 9 rings (SSSR count). The van der Waals surface area contributed by atoms with Crippen LogP contribution in [-0.2, 0) is 9.59 Å². The minimum atomic E-state index is -0.237. The molecule has 1 unspecified atom stereocenters. The highest BCUT2D eigenvalue weighted by Crippen LogP contribution is 2.51. The molecule has 6 aliphatic rings. The van der Waals surface area contributed by atoms with Gasteiger partial charge in [0.15, 0.2) is 0 Å². The van der Waals surface area contributed by atoms with Crippen molar-refractivity contribution in [3.63, 3.8) is 0 Å². The van der Waals surface area contributed by atoms with Gasteiger partial charge < -0.3 is 19.6 Å². The fourth-order valence-corrected chi connectivity index (χ4v) is 11.6. The van der Waals surface area contributed by atoms with Crippen LogP contribution >= 0.6 is 11.6 Å². The molecule has 5 heterocycles. The molecule has 1 aliphatic carbocycles. The Bertz CT molecular complexity index is 2040. The van der Waals surface area contributed by atoms with E-state index in [9.17, 15) is 14.4 Å². The van der Waals surface area contributed by atoms with Crippen LogP contribution in [0.3, 0.4) is 0 Å². The number of carbonyl (C=O) groups is 3. The lowest BCUT2D eigenvalue weighted by Gasteiger charge is -2.56. The quantitative estimate of drug-likeness (QED) is 0.218. The molecule has 1 N–H and O–H groups in total. The van der Waals surface area contributed by atoms with Crippen molar-refractivity contribution in [2.24, 2.45) is 10.8 Å². The van der Waals surface area contributed by atoms with Gasteiger partial charge in [0.05, 0.1) is 10.9 Å². The van der Waals surface area contributed by atoms with Gasteiger partial charge in [-0.05, 0) is 134 Å². The average molecular weight is 818 g/mol. The monoisotopic (exact) mass is 816 g/mol. The normalized spacial score (nSPS) is 23.5. The summed E-state index contributed by atoms with van der Waals surface area (Å²) in [5.41, 5.74) is 8.38. The Kier molecular flexibility index (Phi) is 11.3. The van der Waals surface area contributed by atoms with E-state index in [0.29, 0.717) is 29.7 Å². The second-order valence-electron chi connectivity index (χ2n) is 18.7. The van der Waals surface area contributed by atoms with E-state index in [1.165, 1.54) is 49.2 Å². The van der Waals surface area contributed by atoms with Crippen molar-refractivity contribution < 1.29 is 14.4 Å². The second kappa shape index (κ2) is 16.6. The highest BCUT2D eigenvalue weighted by molar-refractivity contribution is 6.32. The molecule has 2 spiro atoms. The summed E-state index contributed by atoms with van der Waals surface area (Å²) in [6, 6.07) is 24.0. The standard InChI is InChI=1S/C49H61ClN6O3/c1-3-4-35(2)42-14-13-40(31-44(42)50)56-26-19-48(34-56)17-22-52(23-18-48)38-11-7-37(8-12-38)47(59)55-24-20-49(21-25-55)32-41(33-49)54-29-27-53(28-30-54)39-9-5-36(6-10-39)43-15-16-45(57)51-46(43)58/h5-14,31,41,43H,2-4,15-30,32-34H2,1H3,(H,51,57,58). The first-order valence-electron chi connectivity index (χ1n) is 22.4. The van der Waals surface area contributed by atoms with E-state index in [2.05, 4.69) is 110 Å². The van der Waals surface area contributed by atoms with Crippen molar-refractivity contribution in [1.82, 2.24) is 15.1 Å². The predicted octanol–water partition coefficient (Wildman–Crippen LogP) is 8.38. The van der Waals surface area contributed by atoms with Gasteiger partial charge in [0, 0.05) is 101 Å². The SMILES string of the molecule is C=C(CCC)c1ccc(N2CCC3(CCN(c4ccc(C(=O)N5CCC6(CC5)CC(N5CCN(c7ccc(C8CCC(=O)NC8=O)cc7)CC5)C6)cc4)CC3)C2)cc1Cl. The minimum absolute atomic E-state index is 0.172. The van der Waals surface area contributed by atoms with Crippen molar-refractivity contribution in [3.05, 3.63) is 95.0 Å². The van der Waals surface area contributed by atoms with Crippen molar-refractivity contribution in [2.75, 3.05) is 80.1 Å². The Morgan fingerprint density at radius 2 is 1.34 bits per heavy atom. The van der Waals surface area contributed by atoms with E-state index in [4.69, 9.17) is 11.6 Å². The average Bonchev–Trinajstić information content (AvgIpc) is 3.66. The number of imide groups is 1. The highest BCUT2D eigenvalue weighted by Gasteiger charge is 2.48. The number of benzene rings is 3. The third kappa shape index (κ3) is 8.26. The number of likely N-dealkylation sites (tertiary alicyclic amines) is 1. The first-order chi connectivity index (χ1) is 28.6. The summed E-state index contributed by atoms with van der Waals surface area (Å²) in [6.07, 6.45) is 11.3. The molecule has 5 aliphatic heterocycles. The summed E-state index contributed by atoms with van der Waals surface area (Å²) in [6.45, 7) is 16.5. The molecule has 0 radical (unpaired) electrons. The molecule has 1 atom stereocenters. The first kappa shape index (κ1) is 40.1. The van der Waals surface area contributed by atoms with E-state index in [-0.39, 0.29) is 23.6 Å². The van der Waals surface area contributed by atoms with Gasteiger partial charge in [-0.2, -0.15) is 0 Å². The Labute approximate surface area is 355 Å². The molecular weight excluding hydrogens is 756 g/mol. The molecular formula is C49H61ClN6O3. The Morgan fingerprint density at radius 3 is 1.97 bits per heavy atom. The summed E-state index contributed by atoms with van der Waals surface area (Å²) >= 11 is 6.73. The molecule has 9 nitrogen and oxygen atoms in total. The van der Waals surface area contributed by atoms with Crippen LogP contribution in [0.15, 0.2) is 73.3 Å². The molecule has 0 aromatic heterocycles. The first-order valence-corrected chi connectivity index (χ1v) is 22.8. The number of hydrogen-bond donors (Lipinski definition) is 1. The molecule has 5 saturated heterocycles. The zero-order valence-electron chi connectivity index (χ0n) is 34.9. The van der Waals surface area contributed by atoms with Crippen LogP contribution in [0.2, 0.25) is 5.02 Å². The summed E-state index contributed by atoms with van der Waals surface area (Å²) in [5, 5.41) is 3.29. The molecule has 3 amide bonds. The smallest absolute Gasteiger partial charge is 0.253 e. The lowest BCUT2D eigenvalue weighted by Crippen LogP contribution is -2.59. The predicted molar refractivity (Wildman–Crippen MR) is 238 cm³/mol. The van der Waals surface area contributed by atoms with Crippen LogP contribution in [0.4, 0.5) is 17.1 Å². The number of piperazine rings is 1. The number of hydrogen-bond acceptors (Lipinski definition) is 7. The van der Waals surface area contributed by atoms with Crippen LogP contribution in [0.5, 0.6) is 0 Å².